The highest BCUT2D eigenvalue weighted by atomic mass is 19.1. The van der Waals surface area contributed by atoms with Crippen molar-refractivity contribution in [2.75, 3.05) is 19.6 Å². The molecule has 0 saturated carbocycles. The van der Waals surface area contributed by atoms with Gasteiger partial charge in [0, 0.05) is 12.2 Å². The highest BCUT2D eigenvalue weighted by Crippen LogP contribution is 2.31. The number of rotatable bonds is 5. The van der Waals surface area contributed by atoms with E-state index in [1.165, 1.54) is 11.1 Å². The van der Waals surface area contributed by atoms with E-state index >= 15 is 0 Å². The molecule has 1 saturated heterocycles. The number of aliphatic hydroxyl groups excluding tert-OH is 1. The fourth-order valence-corrected chi connectivity index (χ4v) is 3.77. The Kier molecular flexibility index (Phi) is 5.97. The zero-order valence-corrected chi connectivity index (χ0v) is 17.2. The number of nitrogens with zero attached hydrogens (tertiary/aromatic N) is 2. The zero-order valence-electron chi connectivity index (χ0n) is 17.2. The molecule has 0 radical (unpaired) electrons. The summed E-state index contributed by atoms with van der Waals surface area (Å²) in [5.74, 6) is -0.354. The number of ether oxygens (including phenoxy) is 2. The first kappa shape index (κ1) is 21.3. The third kappa shape index (κ3) is 5.14. The molecule has 0 bridgehead atoms. The van der Waals surface area contributed by atoms with E-state index in [2.05, 4.69) is 10.3 Å². The molecule has 2 heterocycles. The minimum absolute atomic E-state index is 0.0219. The number of hydrogen-bond acceptors (Lipinski definition) is 6. The number of aliphatic hydroxyl groups is 1. The summed E-state index contributed by atoms with van der Waals surface area (Å²) in [4.78, 5) is 29.5. The van der Waals surface area contributed by atoms with Gasteiger partial charge in [-0.15, -0.1) is 0 Å². The molecule has 2 aliphatic rings. The molecule has 2 N–H and O–H groups in total. The number of alkyl carbamates (subject to hydrolysis) is 1. The van der Waals surface area contributed by atoms with Gasteiger partial charge in [0.05, 0.1) is 19.3 Å². The first-order valence-corrected chi connectivity index (χ1v) is 9.77. The summed E-state index contributed by atoms with van der Waals surface area (Å²) in [6, 6.07) is 0. The van der Waals surface area contributed by atoms with E-state index in [0.29, 0.717) is 18.4 Å². The number of nitrogens with one attached hydrogen (secondary N) is 1. The number of cyclic esters (lactones) is 1. The molecule has 1 aliphatic heterocycles. The van der Waals surface area contributed by atoms with Crippen molar-refractivity contribution < 1.29 is 28.6 Å². The molecular weight excluding hydrogens is 381 g/mol. The molecule has 1 fully saturated rings. The van der Waals surface area contributed by atoms with Crippen molar-refractivity contribution in [2.24, 2.45) is 5.92 Å². The molecule has 1 unspecified atom stereocenters. The Morgan fingerprint density at radius 3 is 2.72 bits per heavy atom. The number of hydrogen-bond donors (Lipinski definition) is 2. The largest absolute Gasteiger partial charge is 0.444 e. The first-order chi connectivity index (χ1) is 13.5. The summed E-state index contributed by atoms with van der Waals surface area (Å²) < 4.78 is 24.7. The highest BCUT2D eigenvalue weighted by Gasteiger charge is 2.35. The van der Waals surface area contributed by atoms with Gasteiger partial charge >= 0.3 is 12.2 Å². The number of aryl methyl sites for hydroxylation is 1. The van der Waals surface area contributed by atoms with E-state index < -0.39 is 30.0 Å². The molecule has 1 aromatic rings. The minimum atomic E-state index is -1.06. The van der Waals surface area contributed by atoms with Crippen molar-refractivity contribution in [1.29, 1.82) is 0 Å². The summed E-state index contributed by atoms with van der Waals surface area (Å²) in [6.45, 7) is 7.54. The average molecular weight is 409 g/mol. The maximum Gasteiger partial charge on any atom is 0.410 e. The van der Waals surface area contributed by atoms with Gasteiger partial charge in [0.25, 0.3) is 0 Å². The maximum atomic E-state index is 14.2. The van der Waals surface area contributed by atoms with Crippen LogP contribution in [0.2, 0.25) is 0 Å². The minimum Gasteiger partial charge on any atom is -0.444 e. The van der Waals surface area contributed by atoms with Gasteiger partial charge < -0.3 is 24.8 Å². The van der Waals surface area contributed by atoms with E-state index in [1.54, 1.807) is 20.8 Å². The Labute approximate surface area is 169 Å². The number of carbonyl (C=O) groups is 2. The lowest BCUT2D eigenvalue weighted by molar-refractivity contribution is -0.0117. The van der Waals surface area contributed by atoms with Gasteiger partial charge in [-0.2, -0.15) is 0 Å². The van der Waals surface area contributed by atoms with E-state index in [1.807, 2.05) is 6.92 Å². The van der Waals surface area contributed by atoms with Crippen molar-refractivity contribution in [1.82, 2.24) is 15.2 Å². The fourth-order valence-electron chi connectivity index (χ4n) is 3.77. The quantitative estimate of drug-likeness (QED) is 0.771. The van der Waals surface area contributed by atoms with Crippen LogP contribution in [0.3, 0.4) is 0 Å². The van der Waals surface area contributed by atoms with Crippen molar-refractivity contribution in [2.45, 2.75) is 58.3 Å². The number of carbonyl (C=O) groups excluding carboxylic acids is 2. The van der Waals surface area contributed by atoms with Gasteiger partial charge in [-0.3, -0.25) is 4.98 Å². The number of fused-ring (bicyclic) bond motifs is 1. The SMILES string of the molecule is Cc1ncc(F)c2c1CC(CN(C[C@@H](O)[C@H]1CNC(=O)O1)C(=O)OC(C)(C)C)C2. The highest BCUT2D eigenvalue weighted by molar-refractivity contribution is 5.70. The van der Waals surface area contributed by atoms with Crippen LogP contribution < -0.4 is 5.32 Å². The molecule has 1 aromatic heterocycles. The summed E-state index contributed by atoms with van der Waals surface area (Å²) >= 11 is 0. The molecule has 8 nitrogen and oxygen atoms in total. The smallest absolute Gasteiger partial charge is 0.410 e. The first-order valence-electron chi connectivity index (χ1n) is 9.77. The van der Waals surface area contributed by atoms with Crippen LogP contribution in [0.25, 0.3) is 0 Å². The summed E-state index contributed by atoms with van der Waals surface area (Å²) in [6.07, 6.45) is -0.653. The van der Waals surface area contributed by atoms with Crippen LogP contribution in [0.1, 0.15) is 37.6 Å². The maximum absolute atomic E-state index is 14.2. The predicted octanol–water partition coefficient (Wildman–Crippen LogP) is 1.95. The average Bonchev–Trinajstić information content (AvgIpc) is 3.23. The van der Waals surface area contributed by atoms with Crippen molar-refractivity contribution in [3.63, 3.8) is 0 Å². The third-order valence-electron chi connectivity index (χ3n) is 5.12. The molecule has 29 heavy (non-hydrogen) atoms. The Hall–Kier alpha value is -2.42. The second-order valence-electron chi connectivity index (χ2n) is 8.70. The van der Waals surface area contributed by atoms with Gasteiger partial charge in [0.2, 0.25) is 0 Å². The molecule has 0 aromatic carbocycles. The summed E-state index contributed by atoms with van der Waals surface area (Å²) in [7, 11) is 0. The van der Waals surface area contributed by atoms with Gasteiger partial charge in [0.15, 0.2) is 0 Å². The van der Waals surface area contributed by atoms with E-state index in [9.17, 15) is 19.1 Å². The monoisotopic (exact) mass is 409 g/mol. The third-order valence-corrected chi connectivity index (χ3v) is 5.12. The van der Waals surface area contributed by atoms with Crippen molar-refractivity contribution >= 4 is 12.2 Å². The Bertz CT molecular complexity index is 764. The Morgan fingerprint density at radius 1 is 1.45 bits per heavy atom. The van der Waals surface area contributed by atoms with Crippen LogP contribution in [-0.4, -0.2) is 64.6 Å². The van der Waals surface area contributed by atoms with E-state index in [4.69, 9.17) is 9.47 Å². The molecule has 3 atom stereocenters. The zero-order chi connectivity index (χ0) is 21.3. The van der Waals surface area contributed by atoms with Gasteiger partial charge in [-0.1, -0.05) is 0 Å². The van der Waals surface area contributed by atoms with E-state index in [0.717, 1.165) is 11.3 Å². The van der Waals surface area contributed by atoms with Gasteiger partial charge in [-0.25, -0.2) is 14.0 Å². The molecule has 2 amide bonds. The van der Waals surface area contributed by atoms with E-state index in [-0.39, 0.29) is 31.4 Å². The van der Waals surface area contributed by atoms with Gasteiger partial charge in [0.1, 0.15) is 23.6 Å². The van der Waals surface area contributed by atoms with Crippen LogP contribution in [0, 0.1) is 18.7 Å². The number of amides is 2. The number of aromatic nitrogens is 1. The normalized spacial score (nSPS) is 21.9. The van der Waals surface area contributed by atoms with Crippen LogP contribution in [0.15, 0.2) is 6.20 Å². The lowest BCUT2D eigenvalue weighted by Crippen LogP contribution is -2.47. The Balaban J connectivity index is 1.71. The second-order valence-corrected chi connectivity index (χ2v) is 8.70. The topological polar surface area (TPSA) is 101 Å². The molecule has 0 spiro atoms. The standard InChI is InChI=1S/C20H28FN3O5/c1-11-13-5-12(6-14(13)15(21)7-22-11)9-24(19(27)29-20(2,3)4)10-16(25)17-8-23-18(26)28-17/h7,12,16-17,25H,5-6,8-10H2,1-4H3,(H,23,26)/t12?,16-,17-/m1/s1. The summed E-state index contributed by atoms with van der Waals surface area (Å²) in [5, 5.41) is 13.0. The number of halogens is 1. The van der Waals surface area contributed by atoms with Crippen LogP contribution >= 0.6 is 0 Å². The van der Waals surface area contributed by atoms with Crippen LogP contribution in [-0.2, 0) is 22.3 Å². The van der Waals surface area contributed by atoms with Gasteiger partial charge in [-0.05, 0) is 57.6 Å². The number of pyridine rings is 1. The van der Waals surface area contributed by atoms with Crippen LogP contribution in [0.4, 0.5) is 14.0 Å². The molecule has 9 heteroatoms. The van der Waals surface area contributed by atoms with Crippen molar-refractivity contribution in [3.05, 3.63) is 28.8 Å². The molecular formula is C20H28FN3O5. The van der Waals surface area contributed by atoms with Crippen molar-refractivity contribution in [3.8, 4) is 0 Å². The summed E-state index contributed by atoms with van der Waals surface area (Å²) in [5.41, 5.74) is 1.61. The molecule has 3 rings (SSSR count). The predicted molar refractivity (Wildman–Crippen MR) is 102 cm³/mol. The second kappa shape index (κ2) is 8.14. The van der Waals surface area contributed by atoms with Crippen LogP contribution in [0.5, 0.6) is 0 Å². The lowest BCUT2D eigenvalue weighted by Gasteiger charge is -2.31. The lowest BCUT2D eigenvalue weighted by atomic mass is 10.0. The molecule has 160 valence electrons. The Morgan fingerprint density at radius 2 is 2.14 bits per heavy atom. The molecule has 1 aliphatic carbocycles. The fraction of sp³-hybridized carbons (Fsp3) is 0.650.